The van der Waals surface area contributed by atoms with Crippen LogP contribution in [-0.4, -0.2) is 4.98 Å². The maximum absolute atomic E-state index is 4.39. The fraction of sp³-hybridized carbons (Fsp3) is 0.0789. The molecule has 0 fully saturated rings. The predicted molar refractivity (Wildman–Crippen MR) is 171 cm³/mol. The summed E-state index contributed by atoms with van der Waals surface area (Å²) < 4.78 is 2.66. The van der Waals surface area contributed by atoms with E-state index >= 15 is 0 Å². The molecule has 40 heavy (non-hydrogen) atoms. The van der Waals surface area contributed by atoms with E-state index in [-0.39, 0.29) is 0 Å². The number of nitrogens with zero attached hydrogens (tertiary/aromatic N) is 1. The number of benzene rings is 3. The highest BCUT2D eigenvalue weighted by Crippen LogP contribution is 2.45. The number of hydrogen-bond acceptors (Lipinski definition) is 2. The highest BCUT2D eigenvalue weighted by atomic mass is 32.1. The van der Waals surface area contributed by atoms with Crippen LogP contribution in [0.15, 0.2) is 151 Å². The fourth-order valence-corrected chi connectivity index (χ4v) is 7.56. The molecule has 1 unspecified atom stereocenters. The van der Waals surface area contributed by atoms with Crippen LogP contribution >= 0.6 is 11.3 Å². The molecule has 5 aromatic rings. The van der Waals surface area contributed by atoms with E-state index < -0.39 is 0 Å². The van der Waals surface area contributed by atoms with Crippen molar-refractivity contribution in [3.63, 3.8) is 0 Å². The Kier molecular flexibility index (Phi) is 5.60. The first-order valence-corrected chi connectivity index (χ1v) is 14.7. The summed E-state index contributed by atoms with van der Waals surface area (Å²) in [6.45, 7) is 0. The fourth-order valence-electron chi connectivity index (χ4n) is 6.45. The zero-order chi connectivity index (χ0) is 26.5. The summed E-state index contributed by atoms with van der Waals surface area (Å²) in [5, 5.41) is 2.67. The molecule has 0 saturated carbocycles. The summed E-state index contributed by atoms with van der Waals surface area (Å²) in [6, 6.07) is 28.6. The molecule has 2 heterocycles. The van der Waals surface area contributed by atoms with E-state index in [0.717, 1.165) is 12.8 Å². The van der Waals surface area contributed by atoms with Crippen LogP contribution in [0.2, 0.25) is 0 Å². The Morgan fingerprint density at radius 1 is 0.725 bits per heavy atom. The van der Waals surface area contributed by atoms with Gasteiger partial charge in [0.1, 0.15) is 0 Å². The second-order valence-corrected chi connectivity index (χ2v) is 11.8. The van der Waals surface area contributed by atoms with Crippen molar-refractivity contribution >= 4 is 42.7 Å². The highest BCUT2D eigenvalue weighted by Gasteiger charge is 2.27. The molecule has 0 amide bonds. The molecule has 1 nitrogen and oxygen atoms in total. The van der Waals surface area contributed by atoms with E-state index in [2.05, 4.69) is 120 Å². The minimum absolute atomic E-state index is 0.414. The Labute approximate surface area is 238 Å². The lowest BCUT2D eigenvalue weighted by molar-refractivity contribution is 0.716. The Morgan fingerprint density at radius 2 is 1.62 bits per heavy atom. The molecule has 3 aliphatic carbocycles. The van der Waals surface area contributed by atoms with E-state index in [1.165, 1.54) is 70.3 Å². The van der Waals surface area contributed by atoms with Crippen molar-refractivity contribution in [3.8, 4) is 11.1 Å². The van der Waals surface area contributed by atoms with Crippen LogP contribution in [0.1, 0.15) is 24.0 Å². The van der Waals surface area contributed by atoms with E-state index in [4.69, 9.17) is 0 Å². The Hall–Kier alpha value is -4.53. The van der Waals surface area contributed by atoms with Gasteiger partial charge in [-0.1, -0.05) is 103 Å². The van der Waals surface area contributed by atoms with Crippen LogP contribution in [0.4, 0.5) is 0 Å². The van der Waals surface area contributed by atoms with Gasteiger partial charge in [0.15, 0.2) is 0 Å². The predicted octanol–water partition coefficient (Wildman–Crippen LogP) is 10.4. The SMILES string of the molecule is C1=CC2=C(CC=C1c1ccccc1)C1CC(c3ccc4sc5cccc(-c6cccnc6)c5c4c3)=CC=C1C=C2. The first kappa shape index (κ1) is 23.4. The maximum atomic E-state index is 4.39. The number of fused-ring (bicyclic) bond motifs is 5. The normalized spacial score (nSPS) is 18.2. The lowest BCUT2D eigenvalue weighted by Gasteiger charge is -2.30. The zero-order valence-electron chi connectivity index (χ0n) is 22.0. The molecule has 0 aliphatic heterocycles. The van der Waals surface area contributed by atoms with Gasteiger partial charge in [-0.15, -0.1) is 11.3 Å². The number of allylic oxidation sites excluding steroid dienone is 12. The maximum Gasteiger partial charge on any atom is 0.0361 e. The third kappa shape index (κ3) is 3.95. The van der Waals surface area contributed by atoms with Crippen molar-refractivity contribution < 1.29 is 0 Å². The summed E-state index contributed by atoms with van der Waals surface area (Å²) in [5.74, 6) is 0.414. The lowest BCUT2D eigenvalue weighted by atomic mass is 9.74. The highest BCUT2D eigenvalue weighted by molar-refractivity contribution is 7.25. The van der Waals surface area contributed by atoms with E-state index in [9.17, 15) is 0 Å². The van der Waals surface area contributed by atoms with Gasteiger partial charge >= 0.3 is 0 Å². The summed E-state index contributed by atoms with van der Waals surface area (Å²) in [4.78, 5) is 4.39. The molecule has 3 aromatic carbocycles. The zero-order valence-corrected chi connectivity index (χ0v) is 22.9. The molecule has 8 rings (SSSR count). The van der Waals surface area contributed by atoms with E-state index in [0.29, 0.717) is 5.92 Å². The summed E-state index contributed by atoms with van der Waals surface area (Å²) in [5.41, 5.74) is 12.1. The number of rotatable bonds is 3. The van der Waals surface area contributed by atoms with Gasteiger partial charge in [0, 0.05) is 44.0 Å². The molecule has 2 aromatic heterocycles. The molecule has 0 saturated heterocycles. The van der Waals surface area contributed by atoms with Crippen molar-refractivity contribution in [1.29, 1.82) is 0 Å². The Balaban J connectivity index is 1.17. The van der Waals surface area contributed by atoms with Gasteiger partial charge in [0.25, 0.3) is 0 Å². The second kappa shape index (κ2) is 9.59. The van der Waals surface area contributed by atoms with Crippen molar-refractivity contribution in [2.24, 2.45) is 5.92 Å². The van der Waals surface area contributed by atoms with Crippen LogP contribution in [0.3, 0.4) is 0 Å². The molecule has 0 bridgehead atoms. The third-order valence-corrected chi connectivity index (χ3v) is 9.62. The molecule has 0 radical (unpaired) electrons. The van der Waals surface area contributed by atoms with Crippen molar-refractivity contribution in [1.82, 2.24) is 4.98 Å². The second-order valence-electron chi connectivity index (χ2n) is 10.7. The first-order valence-electron chi connectivity index (χ1n) is 13.9. The van der Waals surface area contributed by atoms with Gasteiger partial charge in [0.05, 0.1) is 0 Å². The van der Waals surface area contributed by atoms with Gasteiger partial charge in [-0.3, -0.25) is 4.98 Å². The van der Waals surface area contributed by atoms with Gasteiger partial charge in [0.2, 0.25) is 0 Å². The largest absolute Gasteiger partial charge is 0.264 e. The molecule has 3 aliphatic rings. The molecular weight excluding hydrogens is 502 g/mol. The van der Waals surface area contributed by atoms with Gasteiger partial charge in [-0.2, -0.15) is 0 Å². The minimum Gasteiger partial charge on any atom is -0.264 e. The number of thiophene rings is 1. The van der Waals surface area contributed by atoms with Gasteiger partial charge in [-0.05, 0) is 76.1 Å². The van der Waals surface area contributed by atoms with Gasteiger partial charge in [-0.25, -0.2) is 0 Å². The van der Waals surface area contributed by atoms with Crippen LogP contribution < -0.4 is 0 Å². The van der Waals surface area contributed by atoms with Crippen molar-refractivity contribution in [2.45, 2.75) is 12.8 Å². The summed E-state index contributed by atoms with van der Waals surface area (Å²) >= 11 is 1.88. The Bertz CT molecular complexity index is 1980. The number of aromatic nitrogens is 1. The quantitative estimate of drug-likeness (QED) is 0.226. The first-order chi connectivity index (χ1) is 19.8. The van der Waals surface area contributed by atoms with Crippen molar-refractivity contribution in [2.75, 3.05) is 0 Å². The minimum atomic E-state index is 0.414. The third-order valence-electron chi connectivity index (χ3n) is 8.48. The average molecular weight is 530 g/mol. The number of hydrogen-bond donors (Lipinski definition) is 0. The molecule has 1 atom stereocenters. The summed E-state index contributed by atoms with van der Waals surface area (Å²) in [7, 11) is 0. The van der Waals surface area contributed by atoms with Crippen LogP contribution in [0, 0.1) is 5.92 Å². The molecule has 0 N–H and O–H groups in total. The topological polar surface area (TPSA) is 12.9 Å². The summed E-state index contributed by atoms with van der Waals surface area (Å²) in [6.07, 6.45) is 22.1. The smallest absolute Gasteiger partial charge is 0.0361 e. The molecule has 2 heteroatoms. The number of pyridine rings is 1. The monoisotopic (exact) mass is 529 g/mol. The van der Waals surface area contributed by atoms with Gasteiger partial charge < -0.3 is 0 Å². The van der Waals surface area contributed by atoms with Crippen LogP contribution in [-0.2, 0) is 0 Å². The molecule has 190 valence electrons. The van der Waals surface area contributed by atoms with Crippen LogP contribution in [0.5, 0.6) is 0 Å². The van der Waals surface area contributed by atoms with Crippen LogP contribution in [0.25, 0.3) is 42.4 Å². The van der Waals surface area contributed by atoms with Crippen molar-refractivity contribution in [3.05, 3.63) is 162 Å². The Morgan fingerprint density at radius 3 is 2.52 bits per heavy atom. The lowest BCUT2D eigenvalue weighted by Crippen LogP contribution is -2.14. The van der Waals surface area contributed by atoms with E-state index in [1.54, 1.807) is 0 Å². The molecular formula is C38H27NS. The van der Waals surface area contributed by atoms with E-state index in [1.807, 2.05) is 29.8 Å². The molecule has 0 spiro atoms. The standard InChI is InChI=1S/C38H27NS/c1-2-6-25(7-3-1)26-11-12-27-13-14-28-15-16-29(22-34(28)32(27)19-17-26)30-18-20-36-35(23-30)38-33(9-4-10-37(38)40-36)31-8-5-21-39-24-31/h1-18,20-21,23-24,34H,19,22H2. The average Bonchev–Trinajstić information content (AvgIpc) is 3.25.